The van der Waals surface area contributed by atoms with E-state index in [4.69, 9.17) is 4.74 Å². The fourth-order valence-corrected chi connectivity index (χ4v) is 5.23. The highest BCUT2D eigenvalue weighted by Crippen LogP contribution is 2.22. The molecule has 9 heteroatoms. The monoisotopic (exact) mass is 522 g/mol. The van der Waals surface area contributed by atoms with Gasteiger partial charge in [0.1, 0.15) is 6.10 Å². The van der Waals surface area contributed by atoms with Gasteiger partial charge in [-0.25, -0.2) is 18.4 Å². The zero-order chi connectivity index (χ0) is 19.1. The molecule has 1 atom stereocenters. The van der Waals surface area contributed by atoms with Crippen LogP contribution < -0.4 is 15.4 Å². The van der Waals surface area contributed by atoms with Crippen molar-refractivity contribution >= 4 is 39.8 Å². The van der Waals surface area contributed by atoms with E-state index in [1.54, 1.807) is 6.20 Å². The van der Waals surface area contributed by atoms with Crippen molar-refractivity contribution in [2.45, 2.75) is 64.1 Å². The number of aliphatic imine (C=N–C) groups is 1. The van der Waals surface area contributed by atoms with Gasteiger partial charge in [0.15, 0.2) is 15.8 Å². The van der Waals surface area contributed by atoms with E-state index in [0.29, 0.717) is 24.8 Å². The number of guanidine groups is 1. The van der Waals surface area contributed by atoms with Gasteiger partial charge in [-0.15, -0.1) is 24.0 Å². The molecule has 1 saturated heterocycles. The first kappa shape index (κ1) is 23.2. The van der Waals surface area contributed by atoms with Crippen LogP contribution in [0, 0.1) is 0 Å². The number of rotatable bonds is 6. The maximum absolute atomic E-state index is 11.6. The predicted molar refractivity (Wildman–Crippen MR) is 122 cm³/mol. The number of ether oxygens (including phenoxy) is 1. The standard InChI is InChI=1S/C19H30N4O3S.HI/c1-2-20-19(23-16-9-11-27(24,25)14-16)22-13-15-8-10-21-18(12-15)26-17-6-4-3-5-7-17;/h8,10,12,16-17H,2-7,9,11,13-14H2,1H3,(H2,20,22,23);1H. The van der Waals surface area contributed by atoms with Crippen LogP contribution >= 0.6 is 24.0 Å². The summed E-state index contributed by atoms with van der Waals surface area (Å²) < 4.78 is 29.3. The lowest BCUT2D eigenvalue weighted by Crippen LogP contribution is -2.44. The van der Waals surface area contributed by atoms with Crippen LogP contribution in [0.4, 0.5) is 0 Å². The third-order valence-corrected chi connectivity index (χ3v) is 6.74. The average Bonchev–Trinajstić information content (AvgIpc) is 2.99. The average molecular weight is 522 g/mol. The molecule has 0 aromatic carbocycles. The van der Waals surface area contributed by atoms with Gasteiger partial charge < -0.3 is 15.4 Å². The van der Waals surface area contributed by atoms with E-state index in [-0.39, 0.29) is 47.6 Å². The highest BCUT2D eigenvalue weighted by Gasteiger charge is 2.28. The smallest absolute Gasteiger partial charge is 0.213 e. The van der Waals surface area contributed by atoms with Gasteiger partial charge in [-0.3, -0.25) is 0 Å². The number of halogens is 1. The zero-order valence-corrected chi connectivity index (χ0v) is 19.5. The molecule has 0 spiro atoms. The largest absolute Gasteiger partial charge is 0.474 e. The Morgan fingerprint density at radius 1 is 1.29 bits per heavy atom. The molecule has 3 rings (SSSR count). The Bertz CT molecular complexity index is 751. The van der Waals surface area contributed by atoms with Crippen molar-refractivity contribution in [2.75, 3.05) is 18.1 Å². The Hall–Kier alpha value is -1.10. The zero-order valence-electron chi connectivity index (χ0n) is 16.4. The number of aromatic nitrogens is 1. The van der Waals surface area contributed by atoms with Gasteiger partial charge in [-0.1, -0.05) is 6.42 Å². The van der Waals surface area contributed by atoms with Crippen LogP contribution in [0.2, 0.25) is 0 Å². The topological polar surface area (TPSA) is 92.7 Å². The molecular formula is C19H31IN4O3S. The van der Waals surface area contributed by atoms with Crippen LogP contribution in [0.5, 0.6) is 5.88 Å². The van der Waals surface area contributed by atoms with Crippen molar-refractivity contribution in [1.29, 1.82) is 0 Å². The Balaban J connectivity index is 0.00000280. The van der Waals surface area contributed by atoms with E-state index in [0.717, 1.165) is 24.9 Å². The summed E-state index contributed by atoms with van der Waals surface area (Å²) in [7, 11) is -2.91. The quantitative estimate of drug-likeness (QED) is 0.339. The summed E-state index contributed by atoms with van der Waals surface area (Å²) >= 11 is 0. The molecule has 1 aliphatic carbocycles. The molecular weight excluding hydrogens is 491 g/mol. The molecule has 0 bridgehead atoms. The second kappa shape index (κ2) is 11.2. The lowest BCUT2D eigenvalue weighted by atomic mass is 9.98. The van der Waals surface area contributed by atoms with E-state index >= 15 is 0 Å². The summed E-state index contributed by atoms with van der Waals surface area (Å²) in [5, 5.41) is 6.42. The molecule has 158 valence electrons. The highest BCUT2D eigenvalue weighted by molar-refractivity contribution is 14.0. The number of nitrogens with zero attached hydrogens (tertiary/aromatic N) is 2. The fraction of sp³-hybridized carbons (Fsp3) is 0.684. The number of nitrogens with one attached hydrogen (secondary N) is 2. The molecule has 2 heterocycles. The molecule has 2 aliphatic rings. The molecule has 7 nitrogen and oxygen atoms in total. The van der Waals surface area contributed by atoms with Crippen LogP contribution in [0.1, 0.15) is 51.0 Å². The van der Waals surface area contributed by atoms with Crippen molar-refractivity contribution < 1.29 is 13.2 Å². The van der Waals surface area contributed by atoms with E-state index in [1.807, 2.05) is 19.1 Å². The van der Waals surface area contributed by atoms with Gasteiger partial charge in [0.05, 0.1) is 18.1 Å². The van der Waals surface area contributed by atoms with Crippen LogP contribution in [0.15, 0.2) is 23.3 Å². The van der Waals surface area contributed by atoms with Crippen molar-refractivity contribution in [2.24, 2.45) is 4.99 Å². The van der Waals surface area contributed by atoms with Crippen LogP contribution in [-0.2, 0) is 16.4 Å². The van der Waals surface area contributed by atoms with Gasteiger partial charge in [0, 0.05) is 24.8 Å². The summed E-state index contributed by atoms with van der Waals surface area (Å²) in [6, 6.07) is 3.80. The first-order valence-corrected chi connectivity index (χ1v) is 11.7. The number of hydrogen-bond donors (Lipinski definition) is 2. The predicted octanol–water partition coefficient (Wildman–Crippen LogP) is 2.65. The summed E-state index contributed by atoms with van der Waals surface area (Å²) in [6.45, 7) is 3.20. The lowest BCUT2D eigenvalue weighted by Gasteiger charge is -2.22. The summed E-state index contributed by atoms with van der Waals surface area (Å²) in [4.78, 5) is 8.93. The molecule has 1 saturated carbocycles. The molecule has 0 radical (unpaired) electrons. The minimum absolute atomic E-state index is 0. The molecule has 1 aliphatic heterocycles. The molecule has 1 aromatic heterocycles. The van der Waals surface area contributed by atoms with Gasteiger partial charge >= 0.3 is 0 Å². The van der Waals surface area contributed by atoms with Crippen LogP contribution in [0.25, 0.3) is 0 Å². The summed E-state index contributed by atoms with van der Waals surface area (Å²) in [5.41, 5.74) is 1.02. The number of sulfone groups is 1. The highest BCUT2D eigenvalue weighted by atomic mass is 127. The normalized spacial score (nSPS) is 22.3. The van der Waals surface area contributed by atoms with Gasteiger partial charge in [0.25, 0.3) is 0 Å². The minimum Gasteiger partial charge on any atom is -0.474 e. The SMILES string of the molecule is CCNC(=NCc1ccnc(OC2CCCCC2)c1)NC1CCS(=O)(=O)C1.I. The molecule has 2 fully saturated rings. The Labute approximate surface area is 185 Å². The van der Waals surface area contributed by atoms with Crippen molar-refractivity contribution in [3.63, 3.8) is 0 Å². The lowest BCUT2D eigenvalue weighted by molar-refractivity contribution is 0.148. The van der Waals surface area contributed by atoms with Crippen molar-refractivity contribution in [1.82, 2.24) is 15.6 Å². The molecule has 28 heavy (non-hydrogen) atoms. The van der Waals surface area contributed by atoms with Crippen molar-refractivity contribution in [3.05, 3.63) is 23.9 Å². The van der Waals surface area contributed by atoms with Gasteiger partial charge in [-0.05, 0) is 50.7 Å². The second-order valence-corrected chi connectivity index (χ2v) is 9.55. The molecule has 1 unspecified atom stereocenters. The Kier molecular flexibility index (Phi) is 9.26. The van der Waals surface area contributed by atoms with E-state index < -0.39 is 9.84 Å². The number of pyridine rings is 1. The maximum Gasteiger partial charge on any atom is 0.213 e. The third kappa shape index (κ3) is 7.38. The van der Waals surface area contributed by atoms with Crippen molar-refractivity contribution in [3.8, 4) is 5.88 Å². The summed E-state index contributed by atoms with van der Waals surface area (Å²) in [5.74, 6) is 1.73. The fourth-order valence-electron chi connectivity index (χ4n) is 3.56. The number of hydrogen-bond acceptors (Lipinski definition) is 5. The van der Waals surface area contributed by atoms with Crippen LogP contribution in [-0.4, -0.2) is 49.6 Å². The first-order valence-electron chi connectivity index (χ1n) is 9.91. The molecule has 1 aromatic rings. The second-order valence-electron chi connectivity index (χ2n) is 7.32. The van der Waals surface area contributed by atoms with E-state index in [1.165, 1.54) is 19.3 Å². The maximum atomic E-state index is 11.6. The van der Waals surface area contributed by atoms with Crippen LogP contribution in [0.3, 0.4) is 0 Å². The Morgan fingerprint density at radius 2 is 2.07 bits per heavy atom. The van der Waals surface area contributed by atoms with Gasteiger partial charge in [-0.2, -0.15) is 0 Å². The molecule has 2 N–H and O–H groups in total. The van der Waals surface area contributed by atoms with Gasteiger partial charge in [0.2, 0.25) is 5.88 Å². The minimum atomic E-state index is -2.91. The first-order chi connectivity index (χ1) is 13.0. The molecule has 0 amide bonds. The van der Waals surface area contributed by atoms with E-state index in [2.05, 4.69) is 20.6 Å². The summed E-state index contributed by atoms with van der Waals surface area (Å²) in [6.07, 6.45) is 8.60. The third-order valence-electron chi connectivity index (χ3n) is 4.98. The Morgan fingerprint density at radius 3 is 2.75 bits per heavy atom. The van der Waals surface area contributed by atoms with E-state index in [9.17, 15) is 8.42 Å².